The van der Waals surface area contributed by atoms with Crippen molar-refractivity contribution in [3.05, 3.63) is 70.5 Å². The van der Waals surface area contributed by atoms with Crippen LogP contribution in [-0.2, 0) is 22.7 Å². The second-order valence-corrected chi connectivity index (χ2v) is 5.83. The Bertz CT molecular complexity index is 1180. The predicted octanol–water partition coefficient (Wildman–Crippen LogP) is 2.59. The van der Waals surface area contributed by atoms with E-state index in [1.807, 2.05) is 31.2 Å². The first-order chi connectivity index (χ1) is 12.6. The molecule has 4 aromatic rings. The molecule has 2 heterocycles. The smallest absolute Gasteiger partial charge is 0.420 e. The van der Waals surface area contributed by atoms with Crippen LogP contribution in [0.5, 0.6) is 0 Å². The molecule has 0 spiro atoms. The standard InChI is InChI=1S/C19H15N3O4/c1-12-15(21-14-7-3-2-6-13(14)20-12)11-25-18(23)10-22-16-8-4-5-9-17(16)26-19(22)24/h2-9H,10-11H2,1H3. The van der Waals surface area contributed by atoms with Gasteiger partial charge in [-0.25, -0.2) is 14.8 Å². The van der Waals surface area contributed by atoms with Crippen LogP contribution in [0.2, 0.25) is 0 Å². The average molecular weight is 349 g/mol. The van der Waals surface area contributed by atoms with Crippen LogP contribution < -0.4 is 5.76 Å². The number of oxazole rings is 1. The summed E-state index contributed by atoms with van der Waals surface area (Å²) < 4.78 is 11.6. The molecule has 0 aliphatic heterocycles. The maximum absolute atomic E-state index is 12.2. The highest BCUT2D eigenvalue weighted by Gasteiger charge is 2.14. The number of aromatic nitrogens is 3. The fraction of sp³-hybridized carbons (Fsp3) is 0.158. The summed E-state index contributed by atoms with van der Waals surface area (Å²) in [5.41, 5.74) is 3.79. The number of ether oxygens (including phenoxy) is 1. The predicted molar refractivity (Wildman–Crippen MR) is 94.5 cm³/mol. The number of fused-ring (bicyclic) bond motifs is 2. The van der Waals surface area contributed by atoms with Crippen LogP contribution in [0, 0.1) is 6.92 Å². The number of hydrogen-bond donors (Lipinski definition) is 0. The van der Waals surface area contributed by atoms with E-state index < -0.39 is 11.7 Å². The maximum atomic E-state index is 12.2. The van der Waals surface area contributed by atoms with E-state index in [1.165, 1.54) is 4.57 Å². The van der Waals surface area contributed by atoms with Gasteiger partial charge in [0.05, 0.1) is 27.9 Å². The maximum Gasteiger partial charge on any atom is 0.420 e. The molecular formula is C19H15N3O4. The number of nitrogens with zero attached hydrogens (tertiary/aromatic N) is 3. The third kappa shape index (κ3) is 2.95. The Morgan fingerprint density at radius 2 is 1.77 bits per heavy atom. The van der Waals surface area contributed by atoms with E-state index in [1.54, 1.807) is 24.3 Å². The number of hydrogen-bond acceptors (Lipinski definition) is 6. The molecule has 2 aromatic carbocycles. The number of esters is 1. The molecular weight excluding hydrogens is 334 g/mol. The Hall–Kier alpha value is -3.48. The fourth-order valence-corrected chi connectivity index (χ4v) is 2.75. The van der Waals surface area contributed by atoms with Crippen LogP contribution in [0.4, 0.5) is 0 Å². The molecule has 0 saturated heterocycles. The Balaban J connectivity index is 1.51. The molecule has 0 unspecified atom stereocenters. The quantitative estimate of drug-likeness (QED) is 0.526. The molecule has 0 aliphatic rings. The normalized spacial score (nSPS) is 11.1. The van der Waals surface area contributed by atoms with Gasteiger partial charge in [0.15, 0.2) is 5.58 Å². The van der Waals surface area contributed by atoms with Crippen molar-refractivity contribution in [2.24, 2.45) is 0 Å². The van der Waals surface area contributed by atoms with Crippen LogP contribution in [-0.4, -0.2) is 20.5 Å². The van der Waals surface area contributed by atoms with Gasteiger partial charge < -0.3 is 9.15 Å². The number of rotatable bonds is 4. The first kappa shape index (κ1) is 16.0. The molecule has 0 atom stereocenters. The SMILES string of the molecule is Cc1nc2ccccc2nc1COC(=O)Cn1c(=O)oc2ccccc21. The molecule has 0 N–H and O–H groups in total. The van der Waals surface area contributed by atoms with Crippen LogP contribution >= 0.6 is 0 Å². The minimum atomic E-state index is -0.593. The summed E-state index contributed by atoms with van der Waals surface area (Å²) in [6.45, 7) is 1.58. The van der Waals surface area contributed by atoms with Crippen molar-refractivity contribution in [2.45, 2.75) is 20.1 Å². The van der Waals surface area contributed by atoms with Gasteiger partial charge in [-0.3, -0.25) is 9.36 Å². The molecule has 7 heteroatoms. The molecule has 4 rings (SSSR count). The van der Waals surface area contributed by atoms with E-state index in [0.29, 0.717) is 22.5 Å². The van der Waals surface area contributed by atoms with Gasteiger partial charge in [0, 0.05) is 0 Å². The second-order valence-electron chi connectivity index (χ2n) is 5.83. The van der Waals surface area contributed by atoms with E-state index in [4.69, 9.17) is 9.15 Å². The Kier molecular flexibility index (Phi) is 3.96. The minimum absolute atomic E-state index is 0.00691. The van der Waals surface area contributed by atoms with Crippen molar-refractivity contribution in [3.8, 4) is 0 Å². The number of para-hydroxylation sites is 4. The topological polar surface area (TPSA) is 87.2 Å². The lowest BCUT2D eigenvalue weighted by Gasteiger charge is -2.08. The summed E-state index contributed by atoms with van der Waals surface area (Å²) in [5.74, 6) is -1.14. The fourth-order valence-electron chi connectivity index (χ4n) is 2.75. The van der Waals surface area contributed by atoms with Crippen molar-refractivity contribution in [2.75, 3.05) is 0 Å². The van der Waals surface area contributed by atoms with Gasteiger partial charge in [0.25, 0.3) is 0 Å². The van der Waals surface area contributed by atoms with E-state index in [-0.39, 0.29) is 13.2 Å². The molecule has 0 aliphatic carbocycles. The molecule has 2 aromatic heterocycles. The zero-order chi connectivity index (χ0) is 18.1. The van der Waals surface area contributed by atoms with Crippen LogP contribution in [0.1, 0.15) is 11.4 Å². The van der Waals surface area contributed by atoms with Crippen molar-refractivity contribution >= 4 is 28.1 Å². The largest absolute Gasteiger partial charge is 0.458 e. The molecule has 7 nitrogen and oxygen atoms in total. The summed E-state index contributed by atoms with van der Waals surface area (Å²) in [6.07, 6.45) is 0. The second kappa shape index (κ2) is 6.44. The molecule has 130 valence electrons. The van der Waals surface area contributed by atoms with Crippen molar-refractivity contribution < 1.29 is 13.9 Å². The molecule has 26 heavy (non-hydrogen) atoms. The molecule has 0 saturated carbocycles. The summed E-state index contributed by atoms with van der Waals surface area (Å²) in [7, 11) is 0. The Morgan fingerprint density at radius 3 is 2.58 bits per heavy atom. The number of carbonyl (C=O) groups excluding carboxylic acids is 1. The lowest BCUT2D eigenvalue weighted by molar-refractivity contribution is -0.145. The number of aryl methyl sites for hydroxylation is 1. The van der Waals surface area contributed by atoms with E-state index >= 15 is 0 Å². The van der Waals surface area contributed by atoms with Crippen LogP contribution in [0.25, 0.3) is 22.1 Å². The molecule has 0 radical (unpaired) electrons. The van der Waals surface area contributed by atoms with Crippen molar-refractivity contribution in [1.82, 2.24) is 14.5 Å². The van der Waals surface area contributed by atoms with E-state index in [0.717, 1.165) is 11.0 Å². The highest BCUT2D eigenvalue weighted by atomic mass is 16.5. The lowest BCUT2D eigenvalue weighted by Crippen LogP contribution is -2.21. The third-order valence-electron chi connectivity index (χ3n) is 4.07. The van der Waals surface area contributed by atoms with Gasteiger partial charge in [0.2, 0.25) is 0 Å². The van der Waals surface area contributed by atoms with Crippen molar-refractivity contribution in [3.63, 3.8) is 0 Å². The van der Waals surface area contributed by atoms with Gasteiger partial charge in [-0.2, -0.15) is 0 Å². The first-order valence-electron chi connectivity index (χ1n) is 8.08. The van der Waals surface area contributed by atoms with Gasteiger partial charge >= 0.3 is 11.7 Å². The van der Waals surface area contributed by atoms with Crippen molar-refractivity contribution in [1.29, 1.82) is 0 Å². The first-order valence-corrected chi connectivity index (χ1v) is 8.08. The molecule has 0 fully saturated rings. The summed E-state index contributed by atoms with van der Waals surface area (Å²) in [4.78, 5) is 33.0. The Morgan fingerprint density at radius 1 is 1.08 bits per heavy atom. The number of carbonyl (C=O) groups is 1. The highest BCUT2D eigenvalue weighted by molar-refractivity contribution is 5.76. The van der Waals surface area contributed by atoms with Gasteiger partial charge in [-0.15, -0.1) is 0 Å². The monoisotopic (exact) mass is 349 g/mol. The zero-order valence-corrected chi connectivity index (χ0v) is 14.0. The van der Waals surface area contributed by atoms with Gasteiger partial charge in [0.1, 0.15) is 13.2 Å². The molecule has 0 bridgehead atoms. The summed E-state index contributed by atoms with van der Waals surface area (Å²) in [6, 6.07) is 14.4. The average Bonchev–Trinajstić information content (AvgIpc) is 2.95. The molecule has 0 amide bonds. The van der Waals surface area contributed by atoms with E-state index in [2.05, 4.69) is 9.97 Å². The highest BCUT2D eigenvalue weighted by Crippen LogP contribution is 2.14. The minimum Gasteiger partial charge on any atom is -0.458 e. The Labute approximate surface area is 147 Å². The van der Waals surface area contributed by atoms with Gasteiger partial charge in [-0.05, 0) is 31.2 Å². The summed E-state index contributed by atoms with van der Waals surface area (Å²) in [5, 5.41) is 0. The van der Waals surface area contributed by atoms with Crippen LogP contribution in [0.15, 0.2) is 57.7 Å². The van der Waals surface area contributed by atoms with E-state index in [9.17, 15) is 9.59 Å². The van der Waals surface area contributed by atoms with Crippen LogP contribution in [0.3, 0.4) is 0 Å². The zero-order valence-electron chi connectivity index (χ0n) is 14.0. The third-order valence-corrected chi connectivity index (χ3v) is 4.07. The van der Waals surface area contributed by atoms with Gasteiger partial charge in [-0.1, -0.05) is 24.3 Å². The summed E-state index contributed by atoms with van der Waals surface area (Å²) >= 11 is 0. The lowest BCUT2D eigenvalue weighted by atomic mass is 10.2. The number of benzene rings is 2.